The van der Waals surface area contributed by atoms with Gasteiger partial charge >= 0.3 is 6.09 Å². The number of ether oxygens (including phenoxy) is 2. The van der Waals surface area contributed by atoms with Gasteiger partial charge in [0, 0.05) is 36.4 Å². The number of anilines is 1. The van der Waals surface area contributed by atoms with E-state index in [1.807, 2.05) is 64.1 Å². The van der Waals surface area contributed by atoms with E-state index in [4.69, 9.17) is 9.47 Å². The molecular weight excluding hydrogens is 532 g/mol. The number of hydrogen-bond acceptors (Lipinski definition) is 5. The molecule has 0 aliphatic rings. The van der Waals surface area contributed by atoms with Crippen LogP contribution < -0.4 is 25.7 Å². The van der Waals surface area contributed by atoms with Crippen LogP contribution in [0.15, 0.2) is 77.7 Å². The number of benzene rings is 3. The maximum Gasteiger partial charge on any atom is 0.417 e. The molecule has 0 bridgehead atoms. The van der Waals surface area contributed by atoms with Crippen LogP contribution in [0.25, 0.3) is 22.0 Å². The first-order valence-electron chi connectivity index (χ1n) is 13.6. The van der Waals surface area contributed by atoms with E-state index in [2.05, 4.69) is 15.6 Å². The molecule has 0 saturated carbocycles. The van der Waals surface area contributed by atoms with Crippen LogP contribution in [0, 0.1) is 20.8 Å². The molecule has 0 aliphatic heterocycles. The molecule has 42 heavy (non-hydrogen) atoms. The van der Waals surface area contributed by atoms with Gasteiger partial charge in [0.05, 0.1) is 0 Å². The maximum absolute atomic E-state index is 12.9. The Labute approximate surface area is 243 Å². The van der Waals surface area contributed by atoms with Gasteiger partial charge in [0.1, 0.15) is 28.5 Å². The van der Waals surface area contributed by atoms with Crippen LogP contribution in [0.5, 0.6) is 17.2 Å². The lowest BCUT2D eigenvalue weighted by Crippen LogP contribution is -2.23. The second kappa shape index (κ2) is 11.7. The van der Waals surface area contributed by atoms with Gasteiger partial charge in [-0.05, 0) is 92.4 Å². The average Bonchev–Trinajstić information content (AvgIpc) is 3.39. The molecule has 0 spiro atoms. The first-order valence-corrected chi connectivity index (χ1v) is 13.6. The van der Waals surface area contributed by atoms with Crippen molar-refractivity contribution >= 4 is 28.6 Å². The fraction of sp³-hybridized carbons (Fsp3) is 0.182. The van der Waals surface area contributed by atoms with Crippen LogP contribution in [0.3, 0.4) is 0 Å². The molecule has 0 aliphatic carbocycles. The highest BCUT2D eigenvalue weighted by Crippen LogP contribution is 2.36. The van der Waals surface area contributed by atoms with E-state index in [9.17, 15) is 14.4 Å². The third-order valence-electron chi connectivity index (χ3n) is 6.79. The van der Waals surface area contributed by atoms with Crippen molar-refractivity contribution < 1.29 is 19.1 Å². The summed E-state index contributed by atoms with van der Waals surface area (Å²) in [6.07, 6.45) is 1.19. The number of rotatable bonds is 7. The van der Waals surface area contributed by atoms with Crippen molar-refractivity contribution in [3.8, 4) is 28.4 Å². The molecule has 214 valence electrons. The number of aromatic nitrogens is 2. The lowest BCUT2D eigenvalue weighted by atomic mass is 10.0. The summed E-state index contributed by atoms with van der Waals surface area (Å²) >= 11 is 0. The highest BCUT2D eigenvalue weighted by atomic mass is 16.6. The summed E-state index contributed by atoms with van der Waals surface area (Å²) in [7, 11) is 1.68. The summed E-state index contributed by atoms with van der Waals surface area (Å²) in [6.45, 7) is 8.10. The van der Waals surface area contributed by atoms with Gasteiger partial charge in [-0.15, -0.1) is 0 Å². The Kier molecular flexibility index (Phi) is 7.84. The van der Waals surface area contributed by atoms with E-state index in [1.54, 1.807) is 43.6 Å². The minimum Gasteiger partial charge on any atom is -0.457 e. The van der Waals surface area contributed by atoms with Crippen LogP contribution in [-0.4, -0.2) is 28.1 Å². The fourth-order valence-corrected chi connectivity index (χ4v) is 4.94. The van der Waals surface area contributed by atoms with E-state index < -0.39 is 6.09 Å². The van der Waals surface area contributed by atoms with Crippen LogP contribution in [0.2, 0.25) is 0 Å². The second-order valence-electron chi connectivity index (χ2n) is 10.2. The molecule has 5 aromatic rings. The zero-order valence-corrected chi connectivity index (χ0v) is 24.1. The molecular formula is C33H32N4O5. The summed E-state index contributed by atoms with van der Waals surface area (Å²) in [5, 5.41) is 6.19. The van der Waals surface area contributed by atoms with Crippen molar-refractivity contribution in [2.24, 2.45) is 7.05 Å². The van der Waals surface area contributed by atoms with E-state index in [1.165, 1.54) is 4.57 Å². The highest BCUT2D eigenvalue weighted by Gasteiger charge is 2.17. The summed E-state index contributed by atoms with van der Waals surface area (Å²) < 4.78 is 13.2. The molecule has 2 aromatic heterocycles. The molecule has 0 saturated heterocycles. The Morgan fingerprint density at radius 2 is 1.64 bits per heavy atom. The Balaban J connectivity index is 1.45. The number of aromatic amines is 1. The summed E-state index contributed by atoms with van der Waals surface area (Å²) in [5.41, 5.74) is 5.30. The van der Waals surface area contributed by atoms with Crippen molar-refractivity contribution in [2.75, 3.05) is 11.9 Å². The number of H-pyrrole nitrogens is 1. The lowest BCUT2D eigenvalue weighted by molar-refractivity contribution is 0.0951. The third kappa shape index (κ3) is 5.90. The molecule has 2 heterocycles. The Morgan fingerprint density at radius 3 is 2.33 bits per heavy atom. The summed E-state index contributed by atoms with van der Waals surface area (Å²) in [4.78, 5) is 40.8. The van der Waals surface area contributed by atoms with Crippen molar-refractivity contribution in [2.45, 2.75) is 27.7 Å². The second-order valence-corrected chi connectivity index (χ2v) is 10.2. The smallest absolute Gasteiger partial charge is 0.417 e. The first kappa shape index (κ1) is 28.2. The number of nitrogens with zero attached hydrogens (tertiary/aromatic N) is 1. The third-order valence-corrected chi connectivity index (χ3v) is 6.79. The highest BCUT2D eigenvalue weighted by molar-refractivity contribution is 6.02. The zero-order valence-electron chi connectivity index (χ0n) is 24.1. The van der Waals surface area contributed by atoms with Gasteiger partial charge in [0.15, 0.2) is 0 Å². The van der Waals surface area contributed by atoms with E-state index in [0.29, 0.717) is 46.1 Å². The predicted molar refractivity (Wildman–Crippen MR) is 164 cm³/mol. The topological polar surface area (TPSA) is 114 Å². The van der Waals surface area contributed by atoms with Crippen molar-refractivity contribution in [3.05, 3.63) is 106 Å². The lowest BCUT2D eigenvalue weighted by Gasteiger charge is -2.16. The van der Waals surface area contributed by atoms with Gasteiger partial charge in [-0.2, -0.15) is 0 Å². The molecule has 0 fully saturated rings. The van der Waals surface area contributed by atoms with Crippen LogP contribution in [0.1, 0.15) is 34.1 Å². The number of amides is 2. The van der Waals surface area contributed by atoms with E-state index >= 15 is 0 Å². The Hall–Kier alpha value is -5.31. The van der Waals surface area contributed by atoms with E-state index in [-0.39, 0.29) is 11.5 Å². The van der Waals surface area contributed by atoms with Crippen molar-refractivity contribution in [1.29, 1.82) is 0 Å². The normalized spacial score (nSPS) is 10.9. The summed E-state index contributed by atoms with van der Waals surface area (Å²) in [6, 6.07) is 20.1. The first-order chi connectivity index (χ1) is 20.1. The molecule has 5 rings (SSSR count). The van der Waals surface area contributed by atoms with E-state index in [0.717, 1.165) is 27.8 Å². The largest absolute Gasteiger partial charge is 0.457 e. The predicted octanol–water partition coefficient (Wildman–Crippen LogP) is 6.61. The minimum absolute atomic E-state index is 0.221. The molecule has 3 aromatic carbocycles. The maximum atomic E-state index is 12.9. The number of aryl methyl sites for hydroxylation is 4. The molecule has 0 radical (unpaired) electrons. The molecule has 9 heteroatoms. The zero-order chi connectivity index (χ0) is 30.0. The Bertz CT molecular complexity index is 1850. The molecule has 3 N–H and O–H groups in total. The standard InChI is InChI=1S/C33H32N4O5/c1-6-34-31(38)28-17-26-27(18-37(5)32(39)29(26)36-28)22-12-19(2)13-25(16-22)41-30-20(3)14-23(15-21(30)4)35-33(40)42-24-10-8-7-9-11-24/h7-18,36H,6H2,1-5H3,(H,34,38)(H,35,40). The number of carbonyl (C=O) groups is 2. The summed E-state index contributed by atoms with van der Waals surface area (Å²) in [5.74, 6) is 1.46. The van der Waals surface area contributed by atoms with Gasteiger partial charge in [-0.3, -0.25) is 14.9 Å². The SMILES string of the molecule is CCNC(=O)c1cc2c(-c3cc(C)cc(Oc4c(C)cc(NC(=O)Oc5ccccc5)cc4C)c3)cn(C)c(=O)c2[nH]1. The van der Waals surface area contributed by atoms with Gasteiger partial charge in [0.25, 0.3) is 11.5 Å². The monoisotopic (exact) mass is 564 g/mol. The van der Waals surface area contributed by atoms with Crippen LogP contribution in [-0.2, 0) is 7.05 Å². The van der Waals surface area contributed by atoms with Crippen LogP contribution in [0.4, 0.5) is 10.5 Å². The van der Waals surface area contributed by atoms with Gasteiger partial charge < -0.3 is 24.3 Å². The number of carbonyl (C=O) groups excluding carboxylic acids is 2. The number of hydrogen-bond donors (Lipinski definition) is 3. The number of para-hydroxylation sites is 1. The van der Waals surface area contributed by atoms with Gasteiger partial charge in [0.2, 0.25) is 0 Å². The molecule has 0 unspecified atom stereocenters. The minimum atomic E-state index is -0.583. The van der Waals surface area contributed by atoms with Crippen molar-refractivity contribution in [3.63, 3.8) is 0 Å². The molecule has 2 amide bonds. The van der Waals surface area contributed by atoms with Crippen LogP contribution >= 0.6 is 0 Å². The quantitative estimate of drug-likeness (QED) is 0.206. The number of pyridine rings is 1. The Morgan fingerprint density at radius 1 is 0.929 bits per heavy atom. The average molecular weight is 565 g/mol. The molecule has 0 atom stereocenters. The molecule has 9 nitrogen and oxygen atoms in total. The van der Waals surface area contributed by atoms with Crippen molar-refractivity contribution in [1.82, 2.24) is 14.9 Å². The van der Waals surface area contributed by atoms with Gasteiger partial charge in [-0.25, -0.2) is 4.79 Å². The fourth-order valence-electron chi connectivity index (χ4n) is 4.94. The van der Waals surface area contributed by atoms with Gasteiger partial charge in [-0.1, -0.05) is 24.3 Å². The number of fused-ring (bicyclic) bond motifs is 1. The number of nitrogens with one attached hydrogen (secondary N) is 3.